The molecular weight excluding hydrogens is 170 g/mol. The van der Waals surface area contributed by atoms with Crippen LogP contribution < -0.4 is 5.73 Å². The average molecular weight is 187 g/mol. The van der Waals surface area contributed by atoms with Gasteiger partial charge in [-0.05, 0) is 20.8 Å². The van der Waals surface area contributed by atoms with Gasteiger partial charge in [-0.15, -0.1) is 0 Å². The number of hydrogen-bond acceptors (Lipinski definition) is 3. The number of hydrogen-bond donors (Lipinski definition) is 1. The molecule has 0 aromatic carbocycles. The second kappa shape index (κ2) is 3.27. The highest BCUT2D eigenvalue weighted by molar-refractivity contribution is 5.74. The van der Waals surface area contributed by atoms with E-state index in [9.17, 15) is 4.79 Å². The highest BCUT2D eigenvalue weighted by atomic mass is 16.7. The van der Waals surface area contributed by atoms with Gasteiger partial charge in [-0.2, -0.15) is 0 Å². The summed E-state index contributed by atoms with van der Waals surface area (Å²) in [6.45, 7) is 6.18. The molecule has 1 aliphatic heterocycles. The Morgan fingerprint density at radius 2 is 2.08 bits per heavy atom. The van der Waals surface area contributed by atoms with Gasteiger partial charge in [-0.1, -0.05) is 0 Å². The number of ether oxygens (including phenoxy) is 2. The molecule has 13 heavy (non-hydrogen) atoms. The third kappa shape index (κ3) is 2.97. The molecule has 0 aliphatic carbocycles. The van der Waals surface area contributed by atoms with Gasteiger partial charge in [0.15, 0.2) is 5.79 Å². The molecule has 0 spiro atoms. The van der Waals surface area contributed by atoms with Crippen molar-refractivity contribution in [1.29, 1.82) is 0 Å². The van der Waals surface area contributed by atoms with Crippen molar-refractivity contribution in [3.8, 4) is 0 Å². The summed E-state index contributed by atoms with van der Waals surface area (Å²) in [5.41, 5.74) is 4.67. The van der Waals surface area contributed by atoms with Gasteiger partial charge < -0.3 is 15.2 Å². The molecule has 1 rings (SSSR count). The van der Waals surface area contributed by atoms with E-state index in [4.69, 9.17) is 15.2 Å². The molecule has 1 atom stereocenters. The molecule has 1 fully saturated rings. The van der Waals surface area contributed by atoms with Gasteiger partial charge in [0.05, 0.1) is 18.6 Å². The molecule has 0 aromatic heterocycles. The maximum atomic E-state index is 10.8. The van der Waals surface area contributed by atoms with E-state index in [0.717, 1.165) is 0 Å². The first-order valence-electron chi connectivity index (χ1n) is 4.45. The molecule has 1 heterocycles. The summed E-state index contributed by atoms with van der Waals surface area (Å²) in [6.07, 6.45) is 0.957. The molecule has 1 unspecified atom stereocenters. The van der Waals surface area contributed by atoms with Gasteiger partial charge >= 0.3 is 0 Å². The quantitative estimate of drug-likeness (QED) is 0.695. The van der Waals surface area contributed by atoms with Gasteiger partial charge in [-0.25, -0.2) is 0 Å². The van der Waals surface area contributed by atoms with E-state index in [0.29, 0.717) is 13.0 Å². The van der Waals surface area contributed by atoms with E-state index in [1.165, 1.54) is 0 Å². The first kappa shape index (κ1) is 10.5. The van der Waals surface area contributed by atoms with Crippen molar-refractivity contribution in [3.05, 3.63) is 0 Å². The standard InChI is InChI=1S/C9H17NO3/c1-8(2)12-5-4-9(3,13-8)6-7(10)11/h4-6H2,1-3H3,(H2,10,11). The summed E-state index contributed by atoms with van der Waals surface area (Å²) in [5, 5.41) is 0. The normalized spacial score (nSPS) is 32.8. The Morgan fingerprint density at radius 1 is 1.46 bits per heavy atom. The average Bonchev–Trinajstić information content (AvgIpc) is 1.79. The van der Waals surface area contributed by atoms with Gasteiger partial charge in [0, 0.05) is 6.42 Å². The Balaban J connectivity index is 2.63. The SMILES string of the molecule is CC1(CC(N)=O)CCOC(C)(C)O1. The first-order valence-corrected chi connectivity index (χ1v) is 4.45. The van der Waals surface area contributed by atoms with E-state index < -0.39 is 11.4 Å². The van der Waals surface area contributed by atoms with E-state index in [-0.39, 0.29) is 12.3 Å². The number of amides is 1. The highest BCUT2D eigenvalue weighted by Gasteiger charge is 2.39. The molecule has 0 aromatic rings. The minimum absolute atomic E-state index is 0.250. The van der Waals surface area contributed by atoms with Crippen LogP contribution in [0.2, 0.25) is 0 Å². The summed E-state index contributed by atoms with van der Waals surface area (Å²) in [6, 6.07) is 0. The zero-order chi connectivity index (χ0) is 10.1. The second-order valence-corrected chi connectivity index (χ2v) is 4.19. The topological polar surface area (TPSA) is 61.6 Å². The fourth-order valence-electron chi connectivity index (χ4n) is 1.68. The van der Waals surface area contributed by atoms with Crippen molar-refractivity contribution in [1.82, 2.24) is 0 Å². The highest BCUT2D eigenvalue weighted by Crippen LogP contribution is 2.32. The molecule has 1 amide bonds. The van der Waals surface area contributed by atoms with Gasteiger partial charge in [0.25, 0.3) is 0 Å². The molecule has 4 heteroatoms. The number of rotatable bonds is 2. The number of carbonyl (C=O) groups is 1. The van der Waals surface area contributed by atoms with E-state index in [1.54, 1.807) is 0 Å². The Morgan fingerprint density at radius 3 is 2.54 bits per heavy atom. The predicted octanol–water partition coefficient (Wildman–Crippen LogP) is 0.793. The third-order valence-electron chi connectivity index (χ3n) is 2.12. The van der Waals surface area contributed by atoms with Crippen LogP contribution >= 0.6 is 0 Å². The molecular formula is C9H17NO3. The minimum atomic E-state index is -0.609. The summed E-state index contributed by atoms with van der Waals surface area (Å²) >= 11 is 0. The lowest BCUT2D eigenvalue weighted by molar-refractivity contribution is -0.305. The Kier molecular flexibility index (Phi) is 2.63. The monoisotopic (exact) mass is 187 g/mol. The second-order valence-electron chi connectivity index (χ2n) is 4.19. The van der Waals surface area contributed by atoms with Crippen molar-refractivity contribution in [2.45, 2.75) is 45.0 Å². The summed E-state index contributed by atoms with van der Waals surface area (Å²) in [5.74, 6) is -0.942. The molecule has 0 radical (unpaired) electrons. The van der Waals surface area contributed by atoms with Crippen LogP contribution in [0.5, 0.6) is 0 Å². The van der Waals surface area contributed by atoms with Crippen LogP contribution in [0.15, 0.2) is 0 Å². The zero-order valence-electron chi connectivity index (χ0n) is 8.42. The van der Waals surface area contributed by atoms with Crippen molar-refractivity contribution in [2.75, 3.05) is 6.61 Å². The molecule has 76 valence electrons. The Bertz CT molecular complexity index is 215. The summed E-state index contributed by atoms with van der Waals surface area (Å²) in [4.78, 5) is 10.8. The fourth-order valence-corrected chi connectivity index (χ4v) is 1.68. The third-order valence-corrected chi connectivity index (χ3v) is 2.12. The van der Waals surface area contributed by atoms with Crippen LogP contribution in [-0.4, -0.2) is 23.9 Å². The lowest BCUT2D eigenvalue weighted by Crippen LogP contribution is -2.48. The van der Waals surface area contributed by atoms with E-state index >= 15 is 0 Å². The van der Waals surface area contributed by atoms with Crippen molar-refractivity contribution >= 4 is 5.91 Å². The Labute approximate surface area is 78.4 Å². The number of carbonyl (C=O) groups excluding carboxylic acids is 1. The lowest BCUT2D eigenvalue weighted by atomic mass is 9.96. The molecule has 2 N–H and O–H groups in total. The minimum Gasteiger partial charge on any atom is -0.370 e. The Hall–Kier alpha value is -0.610. The van der Waals surface area contributed by atoms with Crippen molar-refractivity contribution in [3.63, 3.8) is 0 Å². The van der Waals surface area contributed by atoms with Crippen LogP contribution in [0.25, 0.3) is 0 Å². The van der Waals surface area contributed by atoms with Crippen LogP contribution in [0.4, 0.5) is 0 Å². The van der Waals surface area contributed by atoms with Crippen LogP contribution in [0.3, 0.4) is 0 Å². The van der Waals surface area contributed by atoms with E-state index in [1.807, 2.05) is 20.8 Å². The number of primary amides is 1. The van der Waals surface area contributed by atoms with Crippen LogP contribution in [0, 0.1) is 0 Å². The maximum Gasteiger partial charge on any atom is 0.220 e. The lowest BCUT2D eigenvalue weighted by Gasteiger charge is -2.42. The fraction of sp³-hybridized carbons (Fsp3) is 0.889. The smallest absolute Gasteiger partial charge is 0.220 e. The molecule has 4 nitrogen and oxygen atoms in total. The number of nitrogens with two attached hydrogens (primary N) is 1. The molecule has 0 bridgehead atoms. The molecule has 1 aliphatic rings. The summed E-state index contributed by atoms with van der Waals surface area (Å²) < 4.78 is 11.0. The largest absolute Gasteiger partial charge is 0.370 e. The van der Waals surface area contributed by atoms with Gasteiger partial charge in [-0.3, -0.25) is 4.79 Å². The van der Waals surface area contributed by atoms with Crippen LogP contribution in [-0.2, 0) is 14.3 Å². The van der Waals surface area contributed by atoms with Gasteiger partial charge in [0.2, 0.25) is 5.91 Å². The van der Waals surface area contributed by atoms with Gasteiger partial charge in [0.1, 0.15) is 0 Å². The first-order chi connectivity index (χ1) is 5.83. The predicted molar refractivity (Wildman–Crippen MR) is 47.9 cm³/mol. The maximum absolute atomic E-state index is 10.8. The van der Waals surface area contributed by atoms with E-state index in [2.05, 4.69) is 0 Å². The zero-order valence-corrected chi connectivity index (χ0v) is 8.42. The summed E-state index contributed by atoms with van der Waals surface area (Å²) in [7, 11) is 0. The van der Waals surface area contributed by atoms with Crippen molar-refractivity contribution < 1.29 is 14.3 Å². The van der Waals surface area contributed by atoms with Crippen LogP contribution in [0.1, 0.15) is 33.6 Å². The molecule has 0 saturated carbocycles. The van der Waals surface area contributed by atoms with Crippen molar-refractivity contribution in [2.24, 2.45) is 5.73 Å². The molecule has 1 saturated heterocycles.